The van der Waals surface area contributed by atoms with Crippen molar-refractivity contribution in [3.8, 4) is 46.2 Å². The van der Waals surface area contributed by atoms with E-state index in [1.165, 1.54) is 18.4 Å². The van der Waals surface area contributed by atoms with Crippen LogP contribution in [0.3, 0.4) is 0 Å². The zero-order chi connectivity index (χ0) is 25.5. The predicted molar refractivity (Wildman–Crippen MR) is 132 cm³/mol. The van der Waals surface area contributed by atoms with Gasteiger partial charge in [0, 0.05) is 5.56 Å². The van der Waals surface area contributed by atoms with E-state index >= 15 is 0 Å². The van der Waals surface area contributed by atoms with Crippen LogP contribution < -0.4 is 29.4 Å². The van der Waals surface area contributed by atoms with Gasteiger partial charge >= 0.3 is 5.97 Å². The third kappa shape index (κ3) is 3.80. The molecule has 3 N–H and O–H groups in total. The van der Waals surface area contributed by atoms with Crippen LogP contribution in [-0.2, 0) is 0 Å². The van der Waals surface area contributed by atoms with Gasteiger partial charge in [-0.25, -0.2) is 4.79 Å². The van der Waals surface area contributed by atoms with Crippen molar-refractivity contribution in [2.75, 3.05) is 13.9 Å². The summed E-state index contributed by atoms with van der Waals surface area (Å²) >= 11 is 1.28. The topological polar surface area (TPSA) is 142 Å². The van der Waals surface area contributed by atoms with Crippen LogP contribution in [0, 0.1) is 11.3 Å². The number of carbonyl (C=O) groups excluding carboxylic acids is 1. The Morgan fingerprint density at radius 3 is 2.84 bits per heavy atom. The number of carbonyl (C=O) groups is 1. The number of hydrogen-bond donors (Lipinski definition) is 2. The van der Waals surface area contributed by atoms with E-state index in [9.17, 15) is 10.1 Å². The lowest BCUT2D eigenvalue weighted by atomic mass is 9.83. The van der Waals surface area contributed by atoms with Gasteiger partial charge in [-0.1, -0.05) is 12.1 Å². The minimum atomic E-state index is -0.635. The van der Waals surface area contributed by atoms with Crippen molar-refractivity contribution in [3.05, 3.63) is 81.4 Å². The third-order valence-electron chi connectivity index (χ3n) is 6.05. The van der Waals surface area contributed by atoms with E-state index in [1.807, 2.05) is 12.1 Å². The maximum atomic E-state index is 12.5. The first kappa shape index (κ1) is 22.5. The molecule has 37 heavy (non-hydrogen) atoms. The van der Waals surface area contributed by atoms with Crippen molar-refractivity contribution < 1.29 is 28.5 Å². The number of nitriles is 1. The largest absolute Gasteiger partial charge is 0.493 e. The van der Waals surface area contributed by atoms with Gasteiger partial charge in [-0.05, 0) is 47.3 Å². The number of H-pyrrole nitrogens is 1. The minimum absolute atomic E-state index is 0.0455. The Kier molecular flexibility index (Phi) is 5.43. The summed E-state index contributed by atoms with van der Waals surface area (Å²) in [6.07, 6.45) is 0. The molecule has 0 saturated heterocycles. The summed E-state index contributed by atoms with van der Waals surface area (Å²) < 4.78 is 27.7. The van der Waals surface area contributed by atoms with Crippen molar-refractivity contribution in [2.24, 2.45) is 5.73 Å². The Hall–Kier alpha value is -4.95. The molecular formula is C26H18N4O6S. The number of fused-ring (bicyclic) bond motifs is 2. The standard InChI is InChI=1S/C26H18N4O6S/c1-32-18-9-13(4-7-17(18)35-26(31)20-3-2-8-37-20)21-15(11-27)24(28)36-25-22(21)23(29-30-25)14-5-6-16-19(10-14)34-12-33-16/h2-10,21H,12,28H2,1H3,(H,29,30)/t21-/m0/s1. The van der Waals surface area contributed by atoms with E-state index in [2.05, 4.69) is 16.3 Å². The number of hydrogen-bond acceptors (Lipinski definition) is 10. The Morgan fingerprint density at radius 2 is 2.05 bits per heavy atom. The molecule has 4 aromatic rings. The predicted octanol–water partition coefficient (Wildman–Crippen LogP) is 4.31. The van der Waals surface area contributed by atoms with Gasteiger partial charge in [0.15, 0.2) is 23.0 Å². The zero-order valence-corrected chi connectivity index (χ0v) is 20.1. The Balaban J connectivity index is 1.43. The SMILES string of the molecule is COc1cc([C@H]2C(C#N)=C(N)Oc3n[nH]c(-c4ccc5c(c4)OCO5)c32)ccc1OC(=O)c1cccs1. The van der Waals surface area contributed by atoms with Gasteiger partial charge in [0.2, 0.25) is 18.6 Å². The average Bonchev–Trinajstić information content (AvgIpc) is 3.68. The molecule has 2 aromatic heterocycles. The molecule has 184 valence electrons. The summed E-state index contributed by atoms with van der Waals surface area (Å²) in [5.74, 6) is 0.889. The molecule has 1 atom stereocenters. The number of nitrogens with two attached hydrogens (primary N) is 1. The van der Waals surface area contributed by atoms with Crippen LogP contribution >= 0.6 is 11.3 Å². The summed E-state index contributed by atoms with van der Waals surface area (Å²) in [7, 11) is 1.47. The molecule has 2 aliphatic heterocycles. The van der Waals surface area contributed by atoms with E-state index in [0.717, 1.165) is 5.56 Å². The highest BCUT2D eigenvalue weighted by Gasteiger charge is 2.36. The molecule has 0 bridgehead atoms. The van der Waals surface area contributed by atoms with Crippen LogP contribution in [0.25, 0.3) is 11.3 Å². The van der Waals surface area contributed by atoms with Crippen LogP contribution in [-0.4, -0.2) is 30.1 Å². The number of rotatable bonds is 5. The maximum Gasteiger partial charge on any atom is 0.353 e. The molecule has 6 rings (SSSR count). The molecule has 0 radical (unpaired) electrons. The molecule has 10 nitrogen and oxygen atoms in total. The fraction of sp³-hybridized carbons (Fsp3) is 0.115. The van der Waals surface area contributed by atoms with E-state index in [0.29, 0.717) is 38.9 Å². The summed E-state index contributed by atoms with van der Waals surface area (Å²) in [5.41, 5.74) is 9.01. The van der Waals surface area contributed by atoms with Crippen LogP contribution in [0.4, 0.5) is 0 Å². The highest BCUT2D eigenvalue weighted by Crippen LogP contribution is 2.48. The van der Waals surface area contributed by atoms with Gasteiger partial charge < -0.3 is 29.4 Å². The van der Waals surface area contributed by atoms with E-state index < -0.39 is 11.9 Å². The summed E-state index contributed by atoms with van der Waals surface area (Å²) in [4.78, 5) is 13.0. The molecule has 0 aliphatic carbocycles. The van der Waals surface area contributed by atoms with E-state index in [-0.39, 0.29) is 29.9 Å². The Bertz CT molecular complexity index is 1600. The van der Waals surface area contributed by atoms with Crippen molar-refractivity contribution in [2.45, 2.75) is 5.92 Å². The van der Waals surface area contributed by atoms with Gasteiger partial charge in [-0.2, -0.15) is 5.26 Å². The number of aromatic nitrogens is 2. The second-order valence-corrected chi connectivity index (χ2v) is 9.04. The second kappa shape index (κ2) is 8.92. The van der Waals surface area contributed by atoms with Gasteiger partial charge in [0.25, 0.3) is 0 Å². The van der Waals surface area contributed by atoms with Gasteiger partial charge in [0.05, 0.1) is 24.3 Å². The monoisotopic (exact) mass is 514 g/mol. The number of esters is 1. The smallest absolute Gasteiger partial charge is 0.353 e. The van der Waals surface area contributed by atoms with Crippen LogP contribution in [0.5, 0.6) is 28.9 Å². The van der Waals surface area contributed by atoms with Gasteiger partial charge in [0.1, 0.15) is 16.5 Å². The zero-order valence-electron chi connectivity index (χ0n) is 19.3. The van der Waals surface area contributed by atoms with Crippen molar-refractivity contribution >= 4 is 17.3 Å². The molecule has 11 heteroatoms. The quantitative estimate of drug-likeness (QED) is 0.294. The second-order valence-electron chi connectivity index (χ2n) is 8.09. The molecule has 0 spiro atoms. The molecule has 0 saturated carbocycles. The third-order valence-corrected chi connectivity index (χ3v) is 6.90. The number of nitrogens with one attached hydrogen (secondary N) is 1. The average molecular weight is 515 g/mol. The highest BCUT2D eigenvalue weighted by atomic mass is 32.1. The first-order valence-corrected chi connectivity index (χ1v) is 11.9. The summed E-state index contributed by atoms with van der Waals surface area (Å²) in [5, 5.41) is 19.1. The molecule has 2 aliphatic rings. The lowest BCUT2D eigenvalue weighted by Gasteiger charge is -2.24. The molecule has 0 amide bonds. The van der Waals surface area contributed by atoms with E-state index in [4.69, 9.17) is 29.4 Å². The van der Waals surface area contributed by atoms with Gasteiger partial charge in [-0.15, -0.1) is 16.4 Å². The Morgan fingerprint density at radius 1 is 1.19 bits per heavy atom. The molecule has 0 unspecified atom stereocenters. The molecule has 2 aromatic carbocycles. The lowest BCUT2D eigenvalue weighted by Crippen LogP contribution is -2.21. The molecule has 4 heterocycles. The highest BCUT2D eigenvalue weighted by molar-refractivity contribution is 7.12. The number of methoxy groups -OCH3 is 1. The number of benzene rings is 2. The normalized spacial score (nSPS) is 15.5. The summed E-state index contributed by atoms with van der Waals surface area (Å²) in [6.45, 7) is 0.145. The molecular weight excluding hydrogens is 496 g/mol. The van der Waals surface area contributed by atoms with Crippen molar-refractivity contribution in [1.82, 2.24) is 10.2 Å². The van der Waals surface area contributed by atoms with Crippen LogP contribution in [0.1, 0.15) is 26.7 Å². The van der Waals surface area contributed by atoms with E-state index in [1.54, 1.807) is 41.8 Å². The number of nitrogens with zero attached hydrogens (tertiary/aromatic N) is 2. The van der Waals surface area contributed by atoms with Crippen molar-refractivity contribution in [3.63, 3.8) is 0 Å². The summed E-state index contributed by atoms with van der Waals surface area (Å²) in [6, 6.07) is 16.2. The number of ether oxygens (including phenoxy) is 5. The maximum absolute atomic E-state index is 12.5. The van der Waals surface area contributed by atoms with Gasteiger partial charge in [-0.3, -0.25) is 5.10 Å². The first-order valence-electron chi connectivity index (χ1n) is 11.1. The number of allylic oxidation sites excluding steroid dienone is 1. The fourth-order valence-electron chi connectivity index (χ4n) is 4.34. The minimum Gasteiger partial charge on any atom is -0.493 e. The van der Waals surface area contributed by atoms with Crippen LogP contribution in [0.2, 0.25) is 0 Å². The number of thiophene rings is 1. The van der Waals surface area contributed by atoms with Crippen molar-refractivity contribution in [1.29, 1.82) is 5.26 Å². The molecule has 0 fully saturated rings. The Labute approximate surface area is 214 Å². The lowest BCUT2D eigenvalue weighted by molar-refractivity contribution is 0.0734. The fourth-order valence-corrected chi connectivity index (χ4v) is 4.94. The number of aromatic amines is 1. The first-order chi connectivity index (χ1) is 18.1. The van der Waals surface area contributed by atoms with Crippen LogP contribution in [0.15, 0.2) is 65.4 Å².